The van der Waals surface area contributed by atoms with E-state index in [1.165, 1.54) is 12.1 Å². The van der Waals surface area contributed by atoms with Crippen molar-refractivity contribution in [3.05, 3.63) is 53.2 Å². The number of pyridine rings is 1. The lowest BCUT2D eigenvalue weighted by Gasteiger charge is -2.06. The highest BCUT2D eigenvalue weighted by atomic mass is 19.1. The van der Waals surface area contributed by atoms with Crippen LogP contribution in [0.3, 0.4) is 0 Å². The third-order valence-corrected chi connectivity index (χ3v) is 2.65. The molecular formula is C14H10F2N2. The van der Waals surface area contributed by atoms with E-state index in [1.54, 1.807) is 12.1 Å². The fourth-order valence-electron chi connectivity index (χ4n) is 1.68. The van der Waals surface area contributed by atoms with Crippen molar-refractivity contribution in [2.75, 3.05) is 0 Å². The summed E-state index contributed by atoms with van der Waals surface area (Å²) in [6, 6.07) is 9.13. The summed E-state index contributed by atoms with van der Waals surface area (Å²) in [7, 11) is 0. The van der Waals surface area contributed by atoms with Crippen LogP contribution in [-0.4, -0.2) is 4.98 Å². The molecule has 2 nitrogen and oxygen atoms in total. The van der Waals surface area contributed by atoms with Gasteiger partial charge >= 0.3 is 0 Å². The van der Waals surface area contributed by atoms with Gasteiger partial charge in [-0.1, -0.05) is 13.0 Å². The minimum Gasteiger partial charge on any atom is -0.253 e. The van der Waals surface area contributed by atoms with Crippen molar-refractivity contribution in [1.29, 1.82) is 5.26 Å². The summed E-state index contributed by atoms with van der Waals surface area (Å²) < 4.78 is 27.2. The number of hydrogen-bond donors (Lipinski definition) is 0. The van der Waals surface area contributed by atoms with E-state index in [0.717, 1.165) is 18.2 Å². The fourth-order valence-corrected chi connectivity index (χ4v) is 1.68. The topological polar surface area (TPSA) is 36.7 Å². The van der Waals surface area contributed by atoms with Gasteiger partial charge in [0.1, 0.15) is 17.4 Å². The number of halogens is 2. The molecule has 0 amide bonds. The number of aromatic nitrogens is 1. The Morgan fingerprint density at radius 1 is 1.22 bits per heavy atom. The van der Waals surface area contributed by atoms with Gasteiger partial charge in [0.15, 0.2) is 5.82 Å². The Labute approximate surface area is 104 Å². The van der Waals surface area contributed by atoms with Crippen LogP contribution >= 0.6 is 0 Å². The Morgan fingerprint density at radius 2 is 2.00 bits per heavy atom. The molecule has 1 aromatic carbocycles. The van der Waals surface area contributed by atoms with Gasteiger partial charge in [0.2, 0.25) is 0 Å². The number of benzene rings is 1. The van der Waals surface area contributed by atoms with Crippen molar-refractivity contribution in [1.82, 2.24) is 4.98 Å². The number of nitrogens with zero attached hydrogens (tertiary/aromatic N) is 2. The van der Waals surface area contributed by atoms with E-state index in [0.29, 0.717) is 5.69 Å². The molecule has 90 valence electrons. The van der Waals surface area contributed by atoms with Crippen LogP contribution < -0.4 is 0 Å². The van der Waals surface area contributed by atoms with E-state index in [2.05, 4.69) is 4.98 Å². The van der Waals surface area contributed by atoms with Crippen molar-refractivity contribution in [3.8, 4) is 17.3 Å². The molecule has 0 aliphatic heterocycles. The van der Waals surface area contributed by atoms with Crippen LogP contribution in [0.5, 0.6) is 0 Å². The standard InChI is InChI=1S/C14H10F2N2/c1-2-9-4-3-5-13(18-9)10-6-7-12(15)11(8-17)14(10)16/h3-7H,2H2,1H3. The average molecular weight is 244 g/mol. The second kappa shape index (κ2) is 4.92. The zero-order valence-corrected chi connectivity index (χ0v) is 9.74. The predicted octanol–water partition coefficient (Wildman–Crippen LogP) is 3.46. The molecule has 0 aliphatic carbocycles. The van der Waals surface area contributed by atoms with Crippen molar-refractivity contribution < 1.29 is 8.78 Å². The van der Waals surface area contributed by atoms with Gasteiger partial charge in [-0.3, -0.25) is 4.98 Å². The highest BCUT2D eigenvalue weighted by molar-refractivity contribution is 5.62. The first-order chi connectivity index (χ1) is 8.67. The maximum Gasteiger partial charge on any atom is 0.153 e. The van der Waals surface area contributed by atoms with Crippen molar-refractivity contribution in [2.45, 2.75) is 13.3 Å². The predicted molar refractivity (Wildman–Crippen MR) is 63.7 cm³/mol. The Hall–Kier alpha value is -2.28. The second-order valence-corrected chi connectivity index (χ2v) is 3.76. The van der Waals surface area contributed by atoms with Gasteiger partial charge in [0.25, 0.3) is 0 Å². The zero-order chi connectivity index (χ0) is 13.1. The third-order valence-electron chi connectivity index (χ3n) is 2.65. The molecule has 0 saturated carbocycles. The second-order valence-electron chi connectivity index (χ2n) is 3.76. The van der Waals surface area contributed by atoms with E-state index in [-0.39, 0.29) is 5.56 Å². The van der Waals surface area contributed by atoms with Gasteiger partial charge in [-0.05, 0) is 30.7 Å². The molecule has 2 aromatic rings. The monoisotopic (exact) mass is 244 g/mol. The maximum atomic E-state index is 14.0. The van der Waals surface area contributed by atoms with Gasteiger partial charge in [-0.2, -0.15) is 5.26 Å². The Kier molecular flexibility index (Phi) is 3.33. The fraction of sp³-hybridized carbons (Fsp3) is 0.143. The van der Waals surface area contributed by atoms with Gasteiger partial charge in [0.05, 0.1) is 5.69 Å². The average Bonchev–Trinajstić information content (AvgIpc) is 2.39. The summed E-state index contributed by atoms with van der Waals surface area (Å²) in [4.78, 5) is 4.26. The van der Waals surface area contributed by atoms with Crippen LogP contribution in [0.25, 0.3) is 11.3 Å². The van der Waals surface area contributed by atoms with Gasteiger partial charge in [-0.25, -0.2) is 8.78 Å². The molecule has 1 aromatic heterocycles. The SMILES string of the molecule is CCc1cccc(-c2ccc(F)c(C#N)c2F)n1. The highest BCUT2D eigenvalue weighted by Crippen LogP contribution is 2.25. The van der Waals surface area contributed by atoms with Crippen LogP contribution in [0.4, 0.5) is 8.78 Å². The Bertz CT molecular complexity index is 630. The summed E-state index contributed by atoms with van der Waals surface area (Å²) in [5.41, 5.74) is 0.789. The molecule has 0 fully saturated rings. The number of aryl methyl sites for hydroxylation is 1. The molecular weight excluding hydrogens is 234 g/mol. The smallest absolute Gasteiger partial charge is 0.153 e. The normalized spacial score (nSPS) is 10.1. The lowest BCUT2D eigenvalue weighted by atomic mass is 10.1. The first-order valence-electron chi connectivity index (χ1n) is 5.51. The van der Waals surface area contributed by atoms with Crippen LogP contribution in [0.1, 0.15) is 18.2 Å². The summed E-state index contributed by atoms with van der Waals surface area (Å²) in [6.07, 6.45) is 0.724. The van der Waals surface area contributed by atoms with Crippen LogP contribution in [0.15, 0.2) is 30.3 Å². The number of hydrogen-bond acceptors (Lipinski definition) is 2. The van der Waals surface area contributed by atoms with Gasteiger partial charge < -0.3 is 0 Å². The lowest BCUT2D eigenvalue weighted by Crippen LogP contribution is -1.96. The Morgan fingerprint density at radius 3 is 2.67 bits per heavy atom. The molecule has 1 heterocycles. The van der Waals surface area contributed by atoms with Crippen molar-refractivity contribution in [2.24, 2.45) is 0 Å². The minimum atomic E-state index is -0.863. The van der Waals surface area contributed by atoms with E-state index >= 15 is 0 Å². The van der Waals surface area contributed by atoms with Crippen LogP contribution in [0, 0.1) is 23.0 Å². The largest absolute Gasteiger partial charge is 0.253 e. The summed E-state index contributed by atoms with van der Waals surface area (Å²) in [5.74, 6) is -1.72. The summed E-state index contributed by atoms with van der Waals surface area (Å²) in [5, 5.41) is 8.72. The van der Waals surface area contributed by atoms with E-state index in [4.69, 9.17) is 5.26 Å². The van der Waals surface area contributed by atoms with Crippen LogP contribution in [0.2, 0.25) is 0 Å². The number of rotatable bonds is 2. The quantitative estimate of drug-likeness (QED) is 0.811. The maximum absolute atomic E-state index is 14.0. The van der Waals surface area contributed by atoms with E-state index in [9.17, 15) is 8.78 Å². The van der Waals surface area contributed by atoms with Crippen molar-refractivity contribution in [3.63, 3.8) is 0 Å². The molecule has 4 heteroatoms. The summed E-state index contributed by atoms with van der Waals surface area (Å²) in [6.45, 7) is 1.94. The molecule has 0 bridgehead atoms. The molecule has 0 N–H and O–H groups in total. The molecule has 2 rings (SSSR count). The van der Waals surface area contributed by atoms with Crippen molar-refractivity contribution >= 4 is 0 Å². The molecule has 0 saturated heterocycles. The van der Waals surface area contributed by atoms with Crippen LogP contribution in [-0.2, 0) is 6.42 Å². The third kappa shape index (κ3) is 2.07. The minimum absolute atomic E-state index is 0.142. The first-order valence-corrected chi connectivity index (χ1v) is 5.51. The Balaban J connectivity index is 2.61. The van der Waals surface area contributed by atoms with Gasteiger partial charge in [-0.15, -0.1) is 0 Å². The molecule has 0 radical (unpaired) electrons. The molecule has 0 atom stereocenters. The first kappa shape index (κ1) is 12.2. The molecule has 18 heavy (non-hydrogen) atoms. The molecule has 0 spiro atoms. The van der Waals surface area contributed by atoms with E-state index < -0.39 is 17.2 Å². The zero-order valence-electron chi connectivity index (χ0n) is 9.74. The molecule has 0 aliphatic rings. The molecule has 0 unspecified atom stereocenters. The summed E-state index contributed by atoms with van der Waals surface area (Å²) >= 11 is 0. The highest BCUT2D eigenvalue weighted by Gasteiger charge is 2.15. The van der Waals surface area contributed by atoms with Gasteiger partial charge in [0, 0.05) is 11.3 Å². The number of nitriles is 1. The van der Waals surface area contributed by atoms with E-state index in [1.807, 2.05) is 13.0 Å². The lowest BCUT2D eigenvalue weighted by molar-refractivity contribution is 0.579.